The smallest absolute Gasteiger partial charge is 0.270 e. The molecule has 1 aliphatic rings. The summed E-state index contributed by atoms with van der Waals surface area (Å²) < 4.78 is 0. The summed E-state index contributed by atoms with van der Waals surface area (Å²) in [5, 5.41) is 2.99. The van der Waals surface area contributed by atoms with E-state index in [0.29, 0.717) is 18.1 Å². The molecule has 1 heterocycles. The lowest BCUT2D eigenvalue weighted by Gasteiger charge is -2.20. The third-order valence-electron chi connectivity index (χ3n) is 4.26. The van der Waals surface area contributed by atoms with Gasteiger partial charge in [0.25, 0.3) is 5.91 Å². The second kappa shape index (κ2) is 8.65. The molecule has 2 rings (SSSR count). The fourth-order valence-corrected chi connectivity index (χ4v) is 2.94. The number of hydrogen-bond donors (Lipinski definition) is 1. The summed E-state index contributed by atoms with van der Waals surface area (Å²) in [5.74, 6) is 1.34. The Morgan fingerprint density at radius 1 is 1.26 bits per heavy atom. The zero-order chi connectivity index (χ0) is 16.7. The lowest BCUT2D eigenvalue weighted by molar-refractivity contribution is 0.0948. The number of allylic oxidation sites excluding steroid dienone is 1. The van der Waals surface area contributed by atoms with Crippen LogP contribution in [0, 0.1) is 6.92 Å². The van der Waals surface area contributed by atoms with Gasteiger partial charge in [0.2, 0.25) is 0 Å². The van der Waals surface area contributed by atoms with E-state index in [0.717, 1.165) is 25.3 Å². The van der Waals surface area contributed by atoms with E-state index in [4.69, 9.17) is 0 Å². The summed E-state index contributed by atoms with van der Waals surface area (Å²) in [6.45, 7) is 8.40. The van der Waals surface area contributed by atoms with Crippen LogP contribution in [0.2, 0.25) is 0 Å². The summed E-state index contributed by atoms with van der Waals surface area (Å²) in [4.78, 5) is 23.2. The minimum atomic E-state index is -0.111. The lowest BCUT2D eigenvalue weighted by Crippen LogP contribution is -2.28. The molecule has 1 N–H and O–H groups in total. The molecule has 1 aromatic rings. The van der Waals surface area contributed by atoms with Crippen LogP contribution in [-0.4, -0.2) is 35.5 Å². The molecule has 0 aromatic carbocycles. The van der Waals surface area contributed by atoms with Crippen molar-refractivity contribution in [2.24, 2.45) is 0 Å². The Kier molecular flexibility index (Phi) is 6.56. The molecule has 0 atom stereocenters. The number of aromatic nitrogens is 2. The van der Waals surface area contributed by atoms with Gasteiger partial charge >= 0.3 is 0 Å². The molecular weight excluding hydrogens is 288 g/mol. The van der Waals surface area contributed by atoms with Crippen molar-refractivity contribution in [1.82, 2.24) is 15.3 Å². The van der Waals surface area contributed by atoms with Crippen LogP contribution in [0.3, 0.4) is 0 Å². The molecule has 1 amide bonds. The van der Waals surface area contributed by atoms with Crippen LogP contribution in [0.5, 0.6) is 0 Å². The molecule has 0 saturated carbocycles. The average Bonchev–Trinajstić information content (AvgIpc) is 2.56. The van der Waals surface area contributed by atoms with Gasteiger partial charge in [-0.25, -0.2) is 9.97 Å². The van der Waals surface area contributed by atoms with Crippen LogP contribution in [-0.2, 0) is 0 Å². The normalized spacial score (nSPS) is 14.3. The first-order chi connectivity index (χ1) is 11.1. The highest BCUT2D eigenvalue weighted by atomic mass is 16.1. The van der Waals surface area contributed by atoms with E-state index in [-0.39, 0.29) is 5.91 Å². The van der Waals surface area contributed by atoms with Gasteiger partial charge in [0.05, 0.1) is 0 Å². The molecule has 0 spiro atoms. The van der Waals surface area contributed by atoms with Gasteiger partial charge in [0, 0.05) is 25.7 Å². The number of nitrogens with one attached hydrogen (secondary N) is 1. The molecule has 0 fully saturated rings. The SMILES string of the molecule is CCN(CC)c1cc(C(=O)NCCC2=CCCCC2)nc(C)n1. The molecule has 23 heavy (non-hydrogen) atoms. The number of nitrogens with zero attached hydrogens (tertiary/aromatic N) is 3. The second-order valence-electron chi connectivity index (χ2n) is 5.94. The summed E-state index contributed by atoms with van der Waals surface area (Å²) in [6.07, 6.45) is 8.19. The number of carbonyl (C=O) groups excluding carboxylic acids is 1. The first kappa shape index (κ1) is 17.4. The predicted octanol–water partition coefficient (Wildman–Crippen LogP) is 3.25. The Morgan fingerprint density at radius 3 is 2.70 bits per heavy atom. The van der Waals surface area contributed by atoms with Crippen molar-refractivity contribution in [3.63, 3.8) is 0 Å². The van der Waals surface area contributed by atoms with Crippen molar-refractivity contribution >= 4 is 11.7 Å². The van der Waals surface area contributed by atoms with E-state index in [2.05, 4.69) is 40.1 Å². The maximum absolute atomic E-state index is 12.4. The fourth-order valence-electron chi connectivity index (χ4n) is 2.94. The Bertz CT molecular complexity index is 564. The molecule has 5 nitrogen and oxygen atoms in total. The van der Waals surface area contributed by atoms with E-state index < -0.39 is 0 Å². The van der Waals surface area contributed by atoms with Crippen LogP contribution in [0.15, 0.2) is 17.7 Å². The zero-order valence-electron chi connectivity index (χ0n) is 14.6. The molecule has 0 radical (unpaired) electrons. The Morgan fingerprint density at radius 2 is 2.04 bits per heavy atom. The molecule has 1 aliphatic carbocycles. The Balaban J connectivity index is 1.97. The van der Waals surface area contributed by atoms with Gasteiger partial charge in [0.15, 0.2) is 0 Å². The summed E-state index contributed by atoms with van der Waals surface area (Å²) in [7, 11) is 0. The third kappa shape index (κ3) is 5.05. The third-order valence-corrected chi connectivity index (χ3v) is 4.26. The molecule has 0 aliphatic heterocycles. The van der Waals surface area contributed by atoms with Crippen LogP contribution >= 0.6 is 0 Å². The number of rotatable bonds is 7. The first-order valence-electron chi connectivity index (χ1n) is 8.70. The molecule has 0 saturated heterocycles. The molecule has 0 unspecified atom stereocenters. The molecule has 1 aromatic heterocycles. The van der Waals surface area contributed by atoms with Gasteiger partial charge in [0.1, 0.15) is 17.3 Å². The van der Waals surface area contributed by atoms with E-state index in [9.17, 15) is 4.79 Å². The van der Waals surface area contributed by atoms with E-state index in [1.807, 2.05) is 6.92 Å². The van der Waals surface area contributed by atoms with Crippen molar-refractivity contribution < 1.29 is 4.79 Å². The largest absolute Gasteiger partial charge is 0.357 e. The number of anilines is 1. The Hall–Kier alpha value is -1.91. The number of carbonyl (C=O) groups is 1. The molecular formula is C18H28N4O. The average molecular weight is 316 g/mol. The van der Waals surface area contributed by atoms with E-state index in [1.54, 1.807) is 6.07 Å². The van der Waals surface area contributed by atoms with E-state index >= 15 is 0 Å². The number of amides is 1. The van der Waals surface area contributed by atoms with Crippen molar-refractivity contribution in [2.75, 3.05) is 24.5 Å². The van der Waals surface area contributed by atoms with Crippen LogP contribution in [0.4, 0.5) is 5.82 Å². The first-order valence-corrected chi connectivity index (χ1v) is 8.70. The minimum absolute atomic E-state index is 0.111. The topological polar surface area (TPSA) is 58.1 Å². The summed E-state index contributed by atoms with van der Waals surface area (Å²) in [6, 6.07) is 1.79. The summed E-state index contributed by atoms with van der Waals surface area (Å²) >= 11 is 0. The molecule has 5 heteroatoms. The molecule has 0 bridgehead atoms. The zero-order valence-corrected chi connectivity index (χ0v) is 14.6. The predicted molar refractivity (Wildman–Crippen MR) is 93.8 cm³/mol. The highest BCUT2D eigenvalue weighted by Crippen LogP contribution is 2.19. The van der Waals surface area contributed by atoms with Gasteiger partial charge in [-0.2, -0.15) is 0 Å². The second-order valence-corrected chi connectivity index (χ2v) is 5.94. The quantitative estimate of drug-likeness (QED) is 0.785. The van der Waals surface area contributed by atoms with Gasteiger partial charge < -0.3 is 10.2 Å². The highest BCUT2D eigenvalue weighted by Gasteiger charge is 2.13. The minimum Gasteiger partial charge on any atom is -0.357 e. The van der Waals surface area contributed by atoms with Gasteiger partial charge in [-0.15, -0.1) is 0 Å². The van der Waals surface area contributed by atoms with Crippen LogP contribution in [0.1, 0.15) is 62.3 Å². The fraction of sp³-hybridized carbons (Fsp3) is 0.611. The van der Waals surface area contributed by atoms with Gasteiger partial charge in [-0.3, -0.25) is 4.79 Å². The van der Waals surface area contributed by atoms with Gasteiger partial charge in [-0.05, 0) is 52.9 Å². The van der Waals surface area contributed by atoms with Crippen molar-refractivity contribution in [1.29, 1.82) is 0 Å². The highest BCUT2D eigenvalue weighted by molar-refractivity contribution is 5.92. The van der Waals surface area contributed by atoms with Crippen LogP contribution in [0.25, 0.3) is 0 Å². The maximum Gasteiger partial charge on any atom is 0.270 e. The number of aryl methyl sites for hydroxylation is 1. The van der Waals surface area contributed by atoms with Crippen LogP contribution < -0.4 is 10.2 Å². The van der Waals surface area contributed by atoms with Crippen molar-refractivity contribution in [3.8, 4) is 0 Å². The monoisotopic (exact) mass is 316 g/mol. The van der Waals surface area contributed by atoms with Crippen molar-refractivity contribution in [3.05, 3.63) is 29.2 Å². The van der Waals surface area contributed by atoms with E-state index in [1.165, 1.54) is 31.3 Å². The molecule has 126 valence electrons. The lowest BCUT2D eigenvalue weighted by atomic mass is 9.97. The van der Waals surface area contributed by atoms with Gasteiger partial charge in [-0.1, -0.05) is 11.6 Å². The van der Waals surface area contributed by atoms with Crippen molar-refractivity contribution in [2.45, 2.75) is 52.9 Å². The maximum atomic E-state index is 12.4. The Labute approximate surface area is 139 Å². The summed E-state index contributed by atoms with van der Waals surface area (Å²) in [5.41, 5.74) is 1.93. The number of hydrogen-bond acceptors (Lipinski definition) is 4. The standard InChI is InChI=1S/C18H28N4O/c1-4-22(5-2)17-13-16(20-14(3)21-17)18(23)19-12-11-15-9-7-6-8-10-15/h9,13H,4-8,10-12H2,1-3H3,(H,19,23).